The summed E-state index contributed by atoms with van der Waals surface area (Å²) >= 11 is 0. The molecule has 1 aromatic heterocycles. The molecule has 0 atom stereocenters. The van der Waals surface area contributed by atoms with E-state index in [-0.39, 0.29) is 30.2 Å². The van der Waals surface area contributed by atoms with E-state index in [2.05, 4.69) is 20.4 Å². The van der Waals surface area contributed by atoms with Gasteiger partial charge < -0.3 is 10.1 Å². The summed E-state index contributed by atoms with van der Waals surface area (Å²) in [4.78, 5) is 24.3. The summed E-state index contributed by atoms with van der Waals surface area (Å²) in [6, 6.07) is 12.2. The molecule has 0 spiro atoms. The van der Waals surface area contributed by atoms with Gasteiger partial charge >= 0.3 is 6.36 Å². The number of fused-ring (bicyclic) bond motifs is 1. The number of alkyl halides is 3. The van der Waals surface area contributed by atoms with Gasteiger partial charge in [-0.05, 0) is 36.2 Å². The number of rotatable bonds is 7. The highest BCUT2D eigenvalue weighted by Crippen LogP contribution is 2.22. The van der Waals surface area contributed by atoms with Gasteiger partial charge in [0.15, 0.2) is 0 Å². The van der Waals surface area contributed by atoms with Crippen LogP contribution in [0.4, 0.5) is 13.2 Å². The van der Waals surface area contributed by atoms with Gasteiger partial charge in [0.1, 0.15) is 11.3 Å². The molecule has 29 heavy (non-hydrogen) atoms. The smallest absolute Gasteiger partial charge is 0.406 e. The van der Waals surface area contributed by atoms with E-state index in [4.69, 9.17) is 0 Å². The minimum atomic E-state index is -4.73. The summed E-state index contributed by atoms with van der Waals surface area (Å²) in [5.41, 5.74) is 0.922. The number of halogens is 3. The predicted octanol–water partition coefficient (Wildman–Crippen LogP) is 2.44. The summed E-state index contributed by atoms with van der Waals surface area (Å²) in [7, 11) is 0. The van der Waals surface area contributed by atoms with Crippen LogP contribution in [0.5, 0.6) is 5.75 Å². The Morgan fingerprint density at radius 2 is 1.83 bits per heavy atom. The van der Waals surface area contributed by atoms with Crippen LogP contribution in [0.2, 0.25) is 0 Å². The Kier molecular flexibility index (Phi) is 6.10. The second-order valence-electron chi connectivity index (χ2n) is 6.18. The van der Waals surface area contributed by atoms with Crippen molar-refractivity contribution in [2.45, 2.75) is 25.7 Å². The average Bonchev–Trinajstić information content (AvgIpc) is 2.68. The lowest BCUT2D eigenvalue weighted by molar-refractivity contribution is -0.274. The van der Waals surface area contributed by atoms with Gasteiger partial charge in [0, 0.05) is 13.0 Å². The quantitative estimate of drug-likeness (QED) is 0.651. The van der Waals surface area contributed by atoms with E-state index >= 15 is 0 Å². The Morgan fingerprint density at radius 1 is 1.10 bits per heavy atom. The second-order valence-corrected chi connectivity index (χ2v) is 6.18. The van der Waals surface area contributed by atoms with Crippen molar-refractivity contribution >= 4 is 16.8 Å². The molecule has 0 fully saturated rings. The maximum absolute atomic E-state index is 12.3. The molecule has 0 saturated carbocycles. The number of aromatic nitrogens is 3. The van der Waals surface area contributed by atoms with Crippen LogP contribution in [-0.2, 0) is 17.8 Å². The molecule has 0 unspecified atom stereocenters. The molecule has 7 nitrogen and oxygen atoms in total. The Bertz CT molecular complexity index is 1050. The summed E-state index contributed by atoms with van der Waals surface area (Å²) < 4.78 is 41.3. The maximum atomic E-state index is 12.3. The lowest BCUT2D eigenvalue weighted by atomic mass is 10.1. The Hall–Kier alpha value is -3.43. The molecule has 0 aliphatic rings. The molecule has 3 aromatic rings. The zero-order chi connectivity index (χ0) is 20.9. The standard InChI is InChI=1S/C19H17F3N4O3/c20-19(21,22)29-14-7-5-13(6-8-14)9-11-23-17(27)10-12-26-18(28)15-3-1-2-4-16(15)24-25-26/h1-8H,9-12H2,(H,23,27). The number of nitrogens with zero attached hydrogens (tertiary/aromatic N) is 3. The molecule has 0 radical (unpaired) electrons. The van der Waals surface area contributed by atoms with Gasteiger partial charge in [-0.2, -0.15) is 0 Å². The van der Waals surface area contributed by atoms with Crippen LogP contribution in [0.3, 0.4) is 0 Å². The summed E-state index contributed by atoms with van der Waals surface area (Å²) in [6.45, 7) is 0.391. The van der Waals surface area contributed by atoms with Crippen LogP contribution < -0.4 is 15.6 Å². The van der Waals surface area contributed by atoms with Crippen molar-refractivity contribution in [2.75, 3.05) is 6.54 Å². The van der Waals surface area contributed by atoms with E-state index in [0.717, 1.165) is 10.2 Å². The van der Waals surface area contributed by atoms with Gasteiger partial charge in [-0.15, -0.1) is 18.3 Å². The van der Waals surface area contributed by atoms with Crippen LogP contribution in [0.1, 0.15) is 12.0 Å². The molecular weight excluding hydrogens is 389 g/mol. The molecule has 10 heteroatoms. The topological polar surface area (TPSA) is 86.1 Å². The minimum Gasteiger partial charge on any atom is -0.406 e. The van der Waals surface area contributed by atoms with Crippen molar-refractivity contribution in [3.05, 3.63) is 64.4 Å². The third kappa shape index (κ3) is 5.77. The molecular formula is C19H17F3N4O3. The molecule has 0 aliphatic carbocycles. The Balaban J connectivity index is 1.46. The number of hydrogen-bond acceptors (Lipinski definition) is 5. The molecule has 1 amide bonds. The number of amides is 1. The molecule has 0 aliphatic heterocycles. The molecule has 0 saturated heterocycles. The van der Waals surface area contributed by atoms with E-state index in [1.807, 2.05) is 0 Å². The van der Waals surface area contributed by atoms with Crippen LogP contribution in [0, 0.1) is 0 Å². The summed E-state index contributed by atoms with van der Waals surface area (Å²) in [6.07, 6.45) is -4.24. The summed E-state index contributed by atoms with van der Waals surface area (Å²) in [5, 5.41) is 10.9. The largest absolute Gasteiger partial charge is 0.573 e. The zero-order valence-electron chi connectivity index (χ0n) is 15.1. The SMILES string of the molecule is O=C(CCn1nnc2ccccc2c1=O)NCCc1ccc(OC(F)(F)F)cc1. The van der Waals surface area contributed by atoms with Gasteiger partial charge in [-0.3, -0.25) is 9.59 Å². The van der Waals surface area contributed by atoms with Crippen molar-refractivity contribution < 1.29 is 22.7 Å². The molecule has 0 bridgehead atoms. The maximum Gasteiger partial charge on any atom is 0.573 e. The van der Waals surface area contributed by atoms with Crippen LogP contribution >= 0.6 is 0 Å². The normalized spacial score (nSPS) is 11.4. The van der Waals surface area contributed by atoms with Crippen LogP contribution in [0.15, 0.2) is 53.3 Å². The van der Waals surface area contributed by atoms with Crippen LogP contribution in [0.25, 0.3) is 10.9 Å². The number of nitrogens with one attached hydrogen (secondary N) is 1. The number of carbonyl (C=O) groups excluding carboxylic acids is 1. The number of carbonyl (C=O) groups is 1. The van der Waals surface area contributed by atoms with Gasteiger partial charge in [-0.1, -0.05) is 29.5 Å². The number of aryl methyl sites for hydroxylation is 1. The van der Waals surface area contributed by atoms with Gasteiger partial charge in [0.25, 0.3) is 5.56 Å². The van der Waals surface area contributed by atoms with Crippen molar-refractivity contribution in [3.63, 3.8) is 0 Å². The van der Waals surface area contributed by atoms with E-state index in [1.165, 1.54) is 24.3 Å². The number of benzene rings is 2. The molecule has 3 rings (SSSR count). The predicted molar refractivity (Wildman–Crippen MR) is 98.3 cm³/mol. The first-order chi connectivity index (χ1) is 13.8. The highest BCUT2D eigenvalue weighted by atomic mass is 19.4. The minimum absolute atomic E-state index is 0.0469. The lowest BCUT2D eigenvalue weighted by Gasteiger charge is -2.10. The monoisotopic (exact) mass is 406 g/mol. The molecule has 1 heterocycles. The molecule has 2 aromatic carbocycles. The van der Waals surface area contributed by atoms with E-state index < -0.39 is 6.36 Å². The van der Waals surface area contributed by atoms with E-state index in [1.54, 1.807) is 24.3 Å². The third-order valence-corrected chi connectivity index (χ3v) is 4.07. The summed E-state index contributed by atoms with van der Waals surface area (Å²) in [5.74, 6) is -0.573. The van der Waals surface area contributed by atoms with E-state index in [9.17, 15) is 22.8 Å². The fourth-order valence-electron chi connectivity index (χ4n) is 2.67. The third-order valence-electron chi connectivity index (χ3n) is 4.07. The molecule has 152 valence electrons. The first-order valence-electron chi connectivity index (χ1n) is 8.76. The van der Waals surface area contributed by atoms with E-state index in [0.29, 0.717) is 23.9 Å². The van der Waals surface area contributed by atoms with Crippen molar-refractivity contribution in [1.29, 1.82) is 0 Å². The molecule has 1 N–H and O–H groups in total. The fourth-order valence-corrected chi connectivity index (χ4v) is 2.67. The second kappa shape index (κ2) is 8.72. The van der Waals surface area contributed by atoms with Crippen molar-refractivity contribution in [2.24, 2.45) is 0 Å². The fraction of sp³-hybridized carbons (Fsp3) is 0.263. The first kappa shape index (κ1) is 20.3. The number of ether oxygens (including phenoxy) is 1. The lowest BCUT2D eigenvalue weighted by Crippen LogP contribution is -2.30. The number of hydrogen-bond donors (Lipinski definition) is 1. The first-order valence-corrected chi connectivity index (χ1v) is 8.76. The Morgan fingerprint density at radius 3 is 2.55 bits per heavy atom. The average molecular weight is 406 g/mol. The zero-order valence-corrected chi connectivity index (χ0v) is 15.1. The highest BCUT2D eigenvalue weighted by Gasteiger charge is 2.30. The van der Waals surface area contributed by atoms with Crippen molar-refractivity contribution in [3.8, 4) is 5.75 Å². The van der Waals surface area contributed by atoms with Crippen LogP contribution in [-0.4, -0.2) is 33.8 Å². The van der Waals surface area contributed by atoms with Crippen molar-refractivity contribution in [1.82, 2.24) is 20.3 Å². The van der Waals surface area contributed by atoms with Gasteiger partial charge in [0.05, 0.1) is 11.9 Å². The van der Waals surface area contributed by atoms with Gasteiger partial charge in [-0.25, -0.2) is 4.68 Å². The Labute approximate surface area is 163 Å². The highest BCUT2D eigenvalue weighted by molar-refractivity contribution is 5.77. The van der Waals surface area contributed by atoms with Gasteiger partial charge in [0.2, 0.25) is 5.91 Å².